The first-order valence-corrected chi connectivity index (χ1v) is 7.87. The molecule has 5 nitrogen and oxygen atoms in total. The number of aliphatic hydroxyl groups excluding tert-OH is 1. The number of carbonyl (C=O) groups is 1. The summed E-state index contributed by atoms with van der Waals surface area (Å²) in [6, 6.07) is 8.83. The minimum Gasteiger partial charge on any atom is -0.392 e. The Balaban J connectivity index is 1.51. The Bertz CT molecular complexity index is 567. The summed E-state index contributed by atoms with van der Waals surface area (Å²) in [6.45, 7) is 3.73. The minimum atomic E-state index is -0.208. The van der Waals surface area contributed by atoms with Crippen LogP contribution in [0.2, 0.25) is 0 Å². The third kappa shape index (κ3) is 3.46. The summed E-state index contributed by atoms with van der Waals surface area (Å²) in [5.74, 6) is 0.519. The Hall–Kier alpha value is -1.90. The molecule has 1 N–H and O–H groups in total. The van der Waals surface area contributed by atoms with Crippen LogP contribution in [0, 0.1) is 17.2 Å². The molecule has 1 amide bonds. The number of nitriles is 1. The zero-order chi connectivity index (χ0) is 15.5. The zero-order valence-corrected chi connectivity index (χ0v) is 12.6. The summed E-state index contributed by atoms with van der Waals surface area (Å²) in [7, 11) is 0. The van der Waals surface area contributed by atoms with Crippen LogP contribution in [-0.2, 0) is 0 Å². The van der Waals surface area contributed by atoms with Crippen LogP contribution < -0.4 is 0 Å². The largest absolute Gasteiger partial charge is 0.392 e. The summed E-state index contributed by atoms with van der Waals surface area (Å²) in [5.41, 5.74) is 1.20. The van der Waals surface area contributed by atoms with Crippen molar-refractivity contribution in [3.8, 4) is 6.07 Å². The number of rotatable bonds is 4. The predicted octanol–water partition coefficient (Wildman–Crippen LogP) is 1.09. The molecule has 2 fully saturated rings. The number of hydrogen-bond acceptors (Lipinski definition) is 4. The normalized spacial score (nSPS) is 20.5. The molecule has 1 aromatic rings. The maximum atomic E-state index is 12.4. The van der Waals surface area contributed by atoms with Gasteiger partial charge in [-0.05, 0) is 43.0 Å². The average molecular weight is 299 g/mol. The van der Waals surface area contributed by atoms with Crippen molar-refractivity contribution in [1.29, 1.82) is 5.26 Å². The third-order valence-electron chi connectivity index (χ3n) is 4.53. The lowest BCUT2D eigenvalue weighted by molar-refractivity contribution is 0.0488. The second kappa shape index (κ2) is 6.47. The maximum absolute atomic E-state index is 12.4. The van der Waals surface area contributed by atoms with Gasteiger partial charge in [-0.3, -0.25) is 9.69 Å². The fourth-order valence-electron chi connectivity index (χ4n) is 2.90. The van der Waals surface area contributed by atoms with Gasteiger partial charge >= 0.3 is 0 Å². The van der Waals surface area contributed by atoms with E-state index >= 15 is 0 Å². The molecule has 2 aliphatic rings. The van der Waals surface area contributed by atoms with Gasteiger partial charge in [-0.2, -0.15) is 5.26 Å². The van der Waals surface area contributed by atoms with Crippen molar-refractivity contribution in [1.82, 2.24) is 9.80 Å². The highest BCUT2D eigenvalue weighted by atomic mass is 16.3. The van der Waals surface area contributed by atoms with Crippen LogP contribution in [0.3, 0.4) is 0 Å². The number of piperazine rings is 1. The molecular weight excluding hydrogens is 278 g/mol. The molecule has 0 bridgehead atoms. The first-order chi connectivity index (χ1) is 10.7. The molecule has 1 atom stereocenters. The van der Waals surface area contributed by atoms with E-state index in [4.69, 9.17) is 5.26 Å². The summed E-state index contributed by atoms with van der Waals surface area (Å²) in [4.78, 5) is 16.5. The fourth-order valence-corrected chi connectivity index (χ4v) is 2.90. The molecule has 0 unspecified atom stereocenters. The Labute approximate surface area is 130 Å². The van der Waals surface area contributed by atoms with Crippen LogP contribution in [0.25, 0.3) is 0 Å². The molecule has 0 spiro atoms. The molecule has 1 heterocycles. The van der Waals surface area contributed by atoms with Crippen molar-refractivity contribution < 1.29 is 9.90 Å². The molecule has 1 saturated carbocycles. The van der Waals surface area contributed by atoms with E-state index in [9.17, 15) is 9.90 Å². The standard InChI is InChI=1S/C17H21N3O2/c18-11-13-1-3-15(4-2-13)17(22)20-9-7-19(8-10-20)12-16(21)14-5-6-14/h1-4,14,16,21H,5-10,12H2/t16-/m1/s1. The van der Waals surface area contributed by atoms with Gasteiger partial charge < -0.3 is 10.0 Å². The molecule has 5 heteroatoms. The maximum Gasteiger partial charge on any atom is 0.253 e. The lowest BCUT2D eigenvalue weighted by Crippen LogP contribution is -2.50. The van der Waals surface area contributed by atoms with Crippen LogP contribution in [0.5, 0.6) is 0 Å². The highest BCUT2D eigenvalue weighted by molar-refractivity contribution is 5.94. The van der Waals surface area contributed by atoms with Crippen molar-refractivity contribution >= 4 is 5.91 Å². The second-order valence-corrected chi connectivity index (χ2v) is 6.19. The van der Waals surface area contributed by atoms with Crippen molar-refractivity contribution in [2.75, 3.05) is 32.7 Å². The highest BCUT2D eigenvalue weighted by Gasteiger charge is 2.32. The lowest BCUT2D eigenvalue weighted by atomic mass is 10.1. The van der Waals surface area contributed by atoms with Crippen LogP contribution in [0.1, 0.15) is 28.8 Å². The quantitative estimate of drug-likeness (QED) is 0.903. The summed E-state index contributed by atoms with van der Waals surface area (Å²) >= 11 is 0. The van der Waals surface area contributed by atoms with Crippen molar-refractivity contribution in [3.05, 3.63) is 35.4 Å². The van der Waals surface area contributed by atoms with E-state index in [1.165, 1.54) is 0 Å². The Morgan fingerprint density at radius 3 is 2.41 bits per heavy atom. The average Bonchev–Trinajstić information content (AvgIpc) is 3.40. The third-order valence-corrected chi connectivity index (χ3v) is 4.53. The topological polar surface area (TPSA) is 67.6 Å². The molecule has 1 aromatic carbocycles. The first-order valence-electron chi connectivity index (χ1n) is 7.87. The van der Waals surface area contributed by atoms with E-state index in [0.717, 1.165) is 32.5 Å². The highest BCUT2D eigenvalue weighted by Crippen LogP contribution is 2.32. The van der Waals surface area contributed by atoms with Gasteiger partial charge in [0.15, 0.2) is 0 Å². The number of nitrogens with zero attached hydrogens (tertiary/aromatic N) is 3. The molecular formula is C17H21N3O2. The molecule has 1 saturated heterocycles. The second-order valence-electron chi connectivity index (χ2n) is 6.19. The predicted molar refractivity (Wildman–Crippen MR) is 82.2 cm³/mol. The number of carbonyl (C=O) groups excluding carboxylic acids is 1. The number of aliphatic hydroxyl groups is 1. The Morgan fingerprint density at radius 2 is 1.86 bits per heavy atom. The van der Waals surface area contributed by atoms with Gasteiger partial charge in [-0.1, -0.05) is 0 Å². The van der Waals surface area contributed by atoms with Gasteiger partial charge in [0.1, 0.15) is 0 Å². The Kier molecular flexibility index (Phi) is 4.41. The van der Waals surface area contributed by atoms with E-state index in [2.05, 4.69) is 11.0 Å². The van der Waals surface area contributed by atoms with Gasteiger partial charge in [-0.25, -0.2) is 0 Å². The molecule has 3 rings (SSSR count). The van der Waals surface area contributed by atoms with Crippen LogP contribution in [-0.4, -0.2) is 59.6 Å². The monoisotopic (exact) mass is 299 g/mol. The molecule has 1 aliphatic heterocycles. The molecule has 1 aliphatic carbocycles. The van der Waals surface area contributed by atoms with E-state index in [0.29, 0.717) is 30.1 Å². The van der Waals surface area contributed by atoms with Gasteiger partial charge in [0.2, 0.25) is 0 Å². The Morgan fingerprint density at radius 1 is 1.23 bits per heavy atom. The molecule has 116 valence electrons. The number of amides is 1. The minimum absolute atomic E-state index is 0.0203. The van der Waals surface area contributed by atoms with Crippen molar-refractivity contribution in [3.63, 3.8) is 0 Å². The molecule has 0 aromatic heterocycles. The van der Waals surface area contributed by atoms with Crippen molar-refractivity contribution in [2.45, 2.75) is 18.9 Å². The molecule has 22 heavy (non-hydrogen) atoms. The van der Waals surface area contributed by atoms with Crippen LogP contribution in [0.4, 0.5) is 0 Å². The fraction of sp³-hybridized carbons (Fsp3) is 0.529. The summed E-state index contributed by atoms with van der Waals surface area (Å²) in [6.07, 6.45) is 2.09. The zero-order valence-electron chi connectivity index (χ0n) is 12.6. The van der Waals surface area contributed by atoms with E-state index in [1.807, 2.05) is 4.90 Å². The lowest BCUT2D eigenvalue weighted by Gasteiger charge is -2.35. The van der Waals surface area contributed by atoms with E-state index in [1.54, 1.807) is 24.3 Å². The number of benzene rings is 1. The van der Waals surface area contributed by atoms with E-state index < -0.39 is 0 Å². The van der Waals surface area contributed by atoms with Gasteiger partial charge in [0, 0.05) is 38.3 Å². The SMILES string of the molecule is N#Cc1ccc(C(=O)N2CCN(C[C@@H](O)C3CC3)CC2)cc1. The van der Waals surface area contributed by atoms with Gasteiger partial charge in [0.25, 0.3) is 5.91 Å². The van der Waals surface area contributed by atoms with Crippen LogP contribution >= 0.6 is 0 Å². The summed E-state index contributed by atoms with van der Waals surface area (Å²) < 4.78 is 0. The van der Waals surface area contributed by atoms with Gasteiger partial charge in [0.05, 0.1) is 17.7 Å². The first kappa shape index (κ1) is 15.0. The van der Waals surface area contributed by atoms with Gasteiger partial charge in [-0.15, -0.1) is 0 Å². The molecule has 0 radical (unpaired) electrons. The number of β-amino-alcohol motifs (C(OH)–C–C–N with tert-alkyl or cyclic N) is 1. The smallest absolute Gasteiger partial charge is 0.253 e. The summed E-state index contributed by atoms with van der Waals surface area (Å²) in [5, 5.41) is 18.8. The number of hydrogen-bond donors (Lipinski definition) is 1. The van der Waals surface area contributed by atoms with Crippen LogP contribution in [0.15, 0.2) is 24.3 Å². The van der Waals surface area contributed by atoms with Crippen molar-refractivity contribution in [2.24, 2.45) is 5.92 Å². The van der Waals surface area contributed by atoms with E-state index in [-0.39, 0.29) is 12.0 Å².